The first-order valence-corrected chi connectivity index (χ1v) is 7.93. The van der Waals surface area contributed by atoms with Crippen molar-refractivity contribution < 1.29 is 5.11 Å². The van der Waals surface area contributed by atoms with Crippen molar-refractivity contribution in [3.05, 3.63) is 35.9 Å². The molecule has 0 radical (unpaired) electrons. The summed E-state index contributed by atoms with van der Waals surface area (Å²) in [6.07, 6.45) is 0. The average Bonchev–Trinajstić information content (AvgIpc) is 3.06. The van der Waals surface area contributed by atoms with Crippen LogP contribution in [-0.2, 0) is 6.54 Å². The number of fused-ring (bicyclic) bond motifs is 1. The van der Waals surface area contributed by atoms with Gasteiger partial charge in [-0.2, -0.15) is 9.97 Å². The van der Waals surface area contributed by atoms with E-state index in [0.29, 0.717) is 36.0 Å². The number of nitrogens with zero attached hydrogens (tertiary/aromatic N) is 5. The molecule has 3 aromatic rings. The molecule has 1 aromatic carbocycles. The Morgan fingerprint density at radius 3 is 2.71 bits per heavy atom. The number of nitrogens with one attached hydrogen (secondary N) is 2. The van der Waals surface area contributed by atoms with Crippen LogP contribution in [0.15, 0.2) is 30.3 Å². The number of H-pyrrole nitrogens is 1. The highest BCUT2D eigenvalue weighted by molar-refractivity contribution is 5.83. The molecule has 0 fully saturated rings. The van der Waals surface area contributed by atoms with E-state index in [1.807, 2.05) is 49.1 Å². The predicted molar refractivity (Wildman–Crippen MR) is 92.8 cm³/mol. The van der Waals surface area contributed by atoms with Crippen molar-refractivity contribution in [3.8, 4) is 0 Å². The molecule has 3 N–H and O–H groups in total. The van der Waals surface area contributed by atoms with Crippen molar-refractivity contribution in [2.45, 2.75) is 26.4 Å². The fourth-order valence-corrected chi connectivity index (χ4v) is 2.47. The number of anilines is 2. The maximum atomic E-state index is 9.29. The maximum Gasteiger partial charge on any atom is 0.229 e. The van der Waals surface area contributed by atoms with Gasteiger partial charge in [0.25, 0.3) is 0 Å². The third kappa shape index (κ3) is 3.43. The topological polar surface area (TPSA) is 103 Å². The second-order valence-corrected chi connectivity index (χ2v) is 5.73. The number of aromatic amines is 1. The summed E-state index contributed by atoms with van der Waals surface area (Å²) in [4.78, 5) is 11.0. The van der Waals surface area contributed by atoms with Gasteiger partial charge in [0.05, 0.1) is 6.61 Å². The Bertz CT molecular complexity index is 787. The van der Waals surface area contributed by atoms with E-state index in [2.05, 4.69) is 30.7 Å². The summed E-state index contributed by atoms with van der Waals surface area (Å²) in [6, 6.07) is 10.2. The molecule has 0 aliphatic rings. The number of hydrogen-bond donors (Lipinski definition) is 3. The third-order valence-electron chi connectivity index (χ3n) is 3.71. The molecular weight excluding hydrogens is 306 g/mol. The molecule has 0 aliphatic heterocycles. The first-order valence-electron chi connectivity index (χ1n) is 7.93. The molecule has 24 heavy (non-hydrogen) atoms. The predicted octanol–water partition coefficient (Wildman–Crippen LogP) is 1.57. The largest absolute Gasteiger partial charge is 0.395 e. The number of aromatic nitrogens is 5. The lowest BCUT2D eigenvalue weighted by atomic mass is 10.2. The van der Waals surface area contributed by atoms with Crippen LogP contribution in [0.3, 0.4) is 0 Å². The average molecular weight is 327 g/mol. The molecule has 0 bridgehead atoms. The van der Waals surface area contributed by atoms with Gasteiger partial charge in [-0.1, -0.05) is 35.5 Å². The van der Waals surface area contributed by atoms with E-state index in [1.165, 1.54) is 0 Å². The van der Waals surface area contributed by atoms with Crippen molar-refractivity contribution in [1.82, 2.24) is 25.4 Å². The summed E-state index contributed by atoms with van der Waals surface area (Å²) in [7, 11) is 0. The van der Waals surface area contributed by atoms with Crippen LogP contribution in [0.4, 0.5) is 11.8 Å². The Labute approximate surface area is 139 Å². The fourth-order valence-electron chi connectivity index (χ4n) is 2.47. The number of rotatable bonds is 7. The molecule has 0 spiro atoms. The second kappa shape index (κ2) is 7.22. The van der Waals surface area contributed by atoms with Crippen molar-refractivity contribution in [2.75, 3.05) is 23.4 Å². The second-order valence-electron chi connectivity index (χ2n) is 5.73. The van der Waals surface area contributed by atoms with Crippen molar-refractivity contribution in [1.29, 1.82) is 0 Å². The number of hydrogen-bond acceptors (Lipinski definition) is 7. The highest BCUT2D eigenvalue weighted by atomic mass is 16.3. The van der Waals surface area contributed by atoms with Crippen LogP contribution in [-0.4, -0.2) is 49.7 Å². The summed E-state index contributed by atoms with van der Waals surface area (Å²) in [5.74, 6) is 1.17. The quantitative estimate of drug-likeness (QED) is 0.605. The highest BCUT2D eigenvalue weighted by Crippen LogP contribution is 2.21. The molecule has 8 nitrogen and oxygen atoms in total. The summed E-state index contributed by atoms with van der Waals surface area (Å²) in [5.41, 5.74) is 2.32. The molecule has 2 aromatic heterocycles. The van der Waals surface area contributed by atoms with E-state index >= 15 is 0 Å². The highest BCUT2D eigenvalue weighted by Gasteiger charge is 2.17. The van der Waals surface area contributed by atoms with Crippen molar-refractivity contribution in [2.24, 2.45) is 0 Å². The SMILES string of the molecule is CC(C)N(CCO)c1nc(NCc2ccccc2)c2[nH]nnc2n1. The van der Waals surface area contributed by atoms with E-state index < -0.39 is 0 Å². The number of aliphatic hydroxyl groups excluding tert-OH is 1. The van der Waals surface area contributed by atoms with Gasteiger partial charge < -0.3 is 15.3 Å². The van der Waals surface area contributed by atoms with Crippen LogP contribution >= 0.6 is 0 Å². The number of aliphatic hydroxyl groups is 1. The molecule has 2 heterocycles. The van der Waals surface area contributed by atoms with Crippen LogP contribution in [0.25, 0.3) is 11.2 Å². The van der Waals surface area contributed by atoms with Gasteiger partial charge >= 0.3 is 0 Å². The smallest absolute Gasteiger partial charge is 0.229 e. The molecule has 0 amide bonds. The van der Waals surface area contributed by atoms with E-state index in [-0.39, 0.29) is 12.6 Å². The maximum absolute atomic E-state index is 9.29. The third-order valence-corrected chi connectivity index (χ3v) is 3.71. The molecular formula is C16H21N7O. The lowest BCUT2D eigenvalue weighted by Gasteiger charge is -2.26. The molecule has 0 saturated carbocycles. The monoisotopic (exact) mass is 327 g/mol. The van der Waals surface area contributed by atoms with E-state index in [9.17, 15) is 5.11 Å². The minimum absolute atomic E-state index is 0.0329. The minimum Gasteiger partial charge on any atom is -0.395 e. The van der Waals surface area contributed by atoms with Gasteiger partial charge in [-0.15, -0.1) is 5.10 Å². The van der Waals surface area contributed by atoms with Gasteiger partial charge in [0.1, 0.15) is 5.52 Å². The van der Waals surface area contributed by atoms with Crippen molar-refractivity contribution in [3.63, 3.8) is 0 Å². The van der Waals surface area contributed by atoms with E-state index in [0.717, 1.165) is 5.56 Å². The van der Waals surface area contributed by atoms with Crippen LogP contribution < -0.4 is 10.2 Å². The lowest BCUT2D eigenvalue weighted by molar-refractivity contribution is 0.298. The first kappa shape index (κ1) is 16.1. The first-order chi connectivity index (χ1) is 11.7. The van der Waals surface area contributed by atoms with Crippen LogP contribution in [0.2, 0.25) is 0 Å². The van der Waals surface area contributed by atoms with Gasteiger partial charge in [0.15, 0.2) is 5.82 Å². The van der Waals surface area contributed by atoms with Crippen molar-refractivity contribution >= 4 is 22.9 Å². The van der Waals surface area contributed by atoms with Gasteiger partial charge in [-0.25, -0.2) is 0 Å². The van der Waals surface area contributed by atoms with Crippen LogP contribution in [0, 0.1) is 0 Å². The molecule has 0 aliphatic carbocycles. The Hall–Kier alpha value is -2.74. The van der Waals surface area contributed by atoms with E-state index in [1.54, 1.807) is 0 Å². The molecule has 126 valence electrons. The number of benzene rings is 1. The molecule has 0 unspecified atom stereocenters. The molecule has 0 saturated heterocycles. The standard InChI is InChI=1S/C16H21N7O/c1-11(2)23(8-9-24)16-18-14(13-15(19-16)21-22-20-13)17-10-12-6-4-3-5-7-12/h3-7,11,24H,8-10H2,1-2H3,(H2,17,18,19,20,21,22). The Balaban J connectivity index is 1.92. The lowest BCUT2D eigenvalue weighted by Crippen LogP contribution is -2.35. The molecule has 8 heteroatoms. The molecule has 3 rings (SSSR count). The zero-order chi connectivity index (χ0) is 16.9. The van der Waals surface area contributed by atoms with Gasteiger partial charge in [0, 0.05) is 19.1 Å². The van der Waals surface area contributed by atoms with Gasteiger partial charge in [-0.05, 0) is 19.4 Å². The normalized spacial score (nSPS) is 11.2. The minimum atomic E-state index is 0.0329. The van der Waals surface area contributed by atoms with Gasteiger partial charge in [-0.3, -0.25) is 5.10 Å². The Kier molecular flexibility index (Phi) is 4.85. The Morgan fingerprint density at radius 2 is 2.00 bits per heavy atom. The van der Waals surface area contributed by atoms with E-state index in [4.69, 9.17) is 0 Å². The summed E-state index contributed by atoms with van der Waals surface area (Å²) in [5, 5.41) is 23.3. The Morgan fingerprint density at radius 1 is 1.21 bits per heavy atom. The van der Waals surface area contributed by atoms with Gasteiger partial charge in [0.2, 0.25) is 11.6 Å². The van der Waals surface area contributed by atoms with Crippen LogP contribution in [0.5, 0.6) is 0 Å². The summed E-state index contributed by atoms with van der Waals surface area (Å²) >= 11 is 0. The summed E-state index contributed by atoms with van der Waals surface area (Å²) < 4.78 is 0. The van der Waals surface area contributed by atoms with Crippen LogP contribution in [0.1, 0.15) is 19.4 Å². The zero-order valence-electron chi connectivity index (χ0n) is 13.8. The fraction of sp³-hybridized carbons (Fsp3) is 0.375. The molecule has 0 atom stereocenters. The summed E-state index contributed by atoms with van der Waals surface area (Å²) in [6.45, 7) is 5.18. The zero-order valence-corrected chi connectivity index (χ0v) is 13.8.